The molecule has 0 aliphatic rings. The Morgan fingerprint density at radius 2 is 1.83 bits per heavy atom. The molecular formula is C21H30IN7. The minimum absolute atomic E-state index is 0. The number of nitrogens with one attached hydrogen (secondary N) is 2. The topological polar surface area (TPSA) is 69.8 Å². The van der Waals surface area contributed by atoms with E-state index in [9.17, 15) is 0 Å². The van der Waals surface area contributed by atoms with Crippen molar-refractivity contribution in [1.82, 2.24) is 30.1 Å². The van der Waals surface area contributed by atoms with Crippen LogP contribution >= 0.6 is 24.0 Å². The molecule has 0 aliphatic heterocycles. The van der Waals surface area contributed by atoms with Crippen molar-refractivity contribution in [2.24, 2.45) is 4.99 Å². The van der Waals surface area contributed by atoms with Gasteiger partial charge >= 0.3 is 0 Å². The molecule has 2 aromatic heterocycles. The van der Waals surface area contributed by atoms with Gasteiger partial charge in [-0.05, 0) is 45.1 Å². The van der Waals surface area contributed by atoms with Crippen molar-refractivity contribution in [2.75, 3.05) is 27.2 Å². The number of aromatic nitrogens is 3. The van der Waals surface area contributed by atoms with Gasteiger partial charge < -0.3 is 15.5 Å². The second kappa shape index (κ2) is 11.7. The monoisotopic (exact) mass is 507 g/mol. The highest BCUT2D eigenvalue weighted by atomic mass is 127. The van der Waals surface area contributed by atoms with Crippen molar-refractivity contribution in [3.63, 3.8) is 0 Å². The fraction of sp³-hybridized carbons (Fsp3) is 0.381. The number of fused-ring (bicyclic) bond motifs is 1. The normalized spacial score (nSPS) is 12.6. The third-order valence-corrected chi connectivity index (χ3v) is 4.66. The lowest BCUT2D eigenvalue weighted by atomic mass is 10.1. The first-order valence-corrected chi connectivity index (χ1v) is 9.68. The summed E-state index contributed by atoms with van der Waals surface area (Å²) in [5.41, 5.74) is 2.17. The van der Waals surface area contributed by atoms with E-state index in [2.05, 4.69) is 77.1 Å². The van der Waals surface area contributed by atoms with E-state index in [0.29, 0.717) is 12.6 Å². The number of hydrogen-bond acceptors (Lipinski definition) is 4. The maximum absolute atomic E-state index is 4.70. The molecule has 0 saturated carbocycles. The fourth-order valence-electron chi connectivity index (χ4n) is 3.03. The summed E-state index contributed by atoms with van der Waals surface area (Å²) in [4.78, 5) is 6.94. The van der Waals surface area contributed by atoms with Crippen molar-refractivity contribution in [2.45, 2.75) is 25.9 Å². The highest BCUT2D eigenvalue weighted by Crippen LogP contribution is 2.07. The Hall–Kier alpha value is -2.20. The van der Waals surface area contributed by atoms with Gasteiger partial charge in [-0.25, -0.2) is 4.99 Å². The molecule has 0 spiro atoms. The first-order chi connectivity index (χ1) is 13.7. The van der Waals surface area contributed by atoms with Crippen LogP contribution in [-0.4, -0.2) is 58.7 Å². The number of guanidine groups is 1. The lowest BCUT2D eigenvalue weighted by molar-refractivity contribution is 0.290. The summed E-state index contributed by atoms with van der Waals surface area (Å²) < 4.78 is 1.96. The average Bonchev–Trinajstić information content (AvgIpc) is 3.13. The summed E-state index contributed by atoms with van der Waals surface area (Å²) in [5, 5.41) is 15.2. The van der Waals surface area contributed by atoms with Crippen LogP contribution in [0.25, 0.3) is 5.65 Å². The van der Waals surface area contributed by atoms with Crippen molar-refractivity contribution in [1.29, 1.82) is 0 Å². The van der Waals surface area contributed by atoms with Crippen LogP contribution in [0.1, 0.15) is 18.3 Å². The van der Waals surface area contributed by atoms with Gasteiger partial charge in [0.25, 0.3) is 0 Å². The number of hydrogen-bond donors (Lipinski definition) is 2. The number of halogens is 1. The Kier molecular flexibility index (Phi) is 9.33. The van der Waals surface area contributed by atoms with E-state index in [-0.39, 0.29) is 24.0 Å². The summed E-state index contributed by atoms with van der Waals surface area (Å²) in [6.07, 6.45) is 2.94. The Balaban J connectivity index is 0.00000300. The average molecular weight is 507 g/mol. The van der Waals surface area contributed by atoms with Crippen molar-refractivity contribution in [3.8, 4) is 0 Å². The number of benzene rings is 1. The van der Waals surface area contributed by atoms with E-state index in [0.717, 1.165) is 36.9 Å². The van der Waals surface area contributed by atoms with E-state index in [1.165, 1.54) is 5.56 Å². The SMILES string of the molecule is CCNC(=NCc1nnc2ccccn12)NCC(Cc1ccccc1)N(C)C.I. The number of aliphatic imine (C=N–C) groups is 1. The molecule has 0 fully saturated rings. The van der Waals surface area contributed by atoms with Gasteiger partial charge in [-0.1, -0.05) is 36.4 Å². The Morgan fingerprint density at radius 3 is 2.55 bits per heavy atom. The molecule has 3 rings (SSSR count). The molecule has 1 unspecified atom stereocenters. The number of likely N-dealkylation sites (N-methyl/N-ethyl adjacent to an activating group) is 1. The molecule has 156 valence electrons. The van der Waals surface area contributed by atoms with E-state index in [4.69, 9.17) is 4.99 Å². The van der Waals surface area contributed by atoms with Crippen LogP contribution in [0.15, 0.2) is 59.7 Å². The summed E-state index contributed by atoms with van der Waals surface area (Å²) in [6, 6.07) is 16.8. The largest absolute Gasteiger partial charge is 0.357 e. The molecule has 3 aromatic rings. The second-order valence-electron chi connectivity index (χ2n) is 6.93. The Labute approximate surface area is 189 Å². The molecule has 1 aromatic carbocycles. The molecule has 8 heteroatoms. The summed E-state index contributed by atoms with van der Waals surface area (Å²) in [7, 11) is 4.23. The van der Waals surface area contributed by atoms with E-state index < -0.39 is 0 Å². The number of pyridine rings is 1. The highest BCUT2D eigenvalue weighted by molar-refractivity contribution is 14.0. The molecule has 29 heavy (non-hydrogen) atoms. The van der Waals surface area contributed by atoms with E-state index in [1.807, 2.05) is 28.8 Å². The predicted molar refractivity (Wildman–Crippen MR) is 129 cm³/mol. The molecule has 7 nitrogen and oxygen atoms in total. The van der Waals surface area contributed by atoms with Gasteiger partial charge in [0.15, 0.2) is 17.4 Å². The predicted octanol–water partition coefficient (Wildman–Crippen LogP) is 2.58. The Morgan fingerprint density at radius 1 is 1.07 bits per heavy atom. The lowest BCUT2D eigenvalue weighted by Gasteiger charge is -2.25. The van der Waals surface area contributed by atoms with Crippen LogP contribution in [0.4, 0.5) is 0 Å². The molecule has 0 aliphatic carbocycles. The zero-order chi connectivity index (χ0) is 19.8. The highest BCUT2D eigenvalue weighted by Gasteiger charge is 2.13. The quantitative estimate of drug-likeness (QED) is 0.279. The van der Waals surface area contributed by atoms with Gasteiger partial charge in [0.1, 0.15) is 6.54 Å². The molecule has 1 atom stereocenters. The zero-order valence-corrected chi connectivity index (χ0v) is 19.6. The lowest BCUT2D eigenvalue weighted by Crippen LogP contribution is -2.46. The van der Waals surface area contributed by atoms with Crippen LogP contribution in [0.2, 0.25) is 0 Å². The zero-order valence-electron chi connectivity index (χ0n) is 17.2. The maximum Gasteiger partial charge on any atom is 0.191 e. The van der Waals surface area contributed by atoms with Gasteiger partial charge in [0, 0.05) is 25.3 Å². The number of rotatable bonds is 8. The van der Waals surface area contributed by atoms with Gasteiger partial charge in [-0.2, -0.15) is 0 Å². The molecule has 2 N–H and O–H groups in total. The maximum atomic E-state index is 4.70. The number of nitrogens with zero attached hydrogens (tertiary/aromatic N) is 5. The molecule has 2 heterocycles. The van der Waals surface area contributed by atoms with Crippen molar-refractivity contribution >= 4 is 35.6 Å². The molecule has 0 radical (unpaired) electrons. The van der Waals surface area contributed by atoms with Crippen LogP contribution in [0.5, 0.6) is 0 Å². The van der Waals surface area contributed by atoms with Gasteiger partial charge in [-0.15, -0.1) is 34.2 Å². The third kappa shape index (κ3) is 6.67. The van der Waals surface area contributed by atoms with E-state index in [1.54, 1.807) is 0 Å². The van der Waals surface area contributed by atoms with Gasteiger partial charge in [-0.3, -0.25) is 4.40 Å². The van der Waals surface area contributed by atoms with Crippen LogP contribution in [0, 0.1) is 0 Å². The Bertz CT molecular complexity index is 892. The van der Waals surface area contributed by atoms with Crippen LogP contribution in [-0.2, 0) is 13.0 Å². The minimum atomic E-state index is 0. The standard InChI is InChI=1S/C21H29N7.HI/c1-4-22-21(24-16-20-26-25-19-12-8-9-13-28(19)20)23-15-18(27(2)3)14-17-10-6-5-7-11-17;/h5-13,18H,4,14-16H2,1-3H3,(H2,22,23,24);1H. The van der Waals surface area contributed by atoms with Crippen LogP contribution in [0.3, 0.4) is 0 Å². The second-order valence-corrected chi connectivity index (χ2v) is 6.93. The summed E-state index contributed by atoms with van der Waals surface area (Å²) >= 11 is 0. The van der Waals surface area contributed by atoms with Gasteiger partial charge in [0.05, 0.1) is 0 Å². The molecule has 0 bridgehead atoms. The first-order valence-electron chi connectivity index (χ1n) is 9.68. The summed E-state index contributed by atoms with van der Waals surface area (Å²) in [6.45, 7) is 4.13. The smallest absolute Gasteiger partial charge is 0.191 e. The molecule has 0 amide bonds. The third-order valence-electron chi connectivity index (χ3n) is 4.66. The molecular weight excluding hydrogens is 477 g/mol. The van der Waals surface area contributed by atoms with Crippen LogP contribution < -0.4 is 10.6 Å². The van der Waals surface area contributed by atoms with E-state index >= 15 is 0 Å². The molecule has 0 saturated heterocycles. The minimum Gasteiger partial charge on any atom is -0.357 e. The van der Waals surface area contributed by atoms with Crippen molar-refractivity contribution < 1.29 is 0 Å². The van der Waals surface area contributed by atoms with Crippen molar-refractivity contribution in [3.05, 3.63) is 66.1 Å². The summed E-state index contributed by atoms with van der Waals surface area (Å²) in [5.74, 6) is 1.61. The fourth-order valence-corrected chi connectivity index (χ4v) is 3.03. The first kappa shape index (κ1) is 23.1. The van der Waals surface area contributed by atoms with Gasteiger partial charge in [0.2, 0.25) is 0 Å².